The van der Waals surface area contributed by atoms with Crippen LogP contribution in [-0.4, -0.2) is 6.54 Å². The topological polar surface area (TPSA) is 29.3 Å². The Labute approximate surface area is 123 Å². The second-order valence-electron chi connectivity index (χ2n) is 5.34. The van der Waals surface area contributed by atoms with Gasteiger partial charge in [0.1, 0.15) is 0 Å². The molecule has 110 valence electrons. The van der Waals surface area contributed by atoms with Crippen molar-refractivity contribution in [2.24, 2.45) is 5.73 Å². The molecule has 2 aromatic carbocycles. The Bertz CT molecular complexity index is 628. The van der Waals surface area contributed by atoms with Gasteiger partial charge in [-0.2, -0.15) is 0 Å². The molecule has 1 aliphatic rings. The summed E-state index contributed by atoms with van der Waals surface area (Å²) in [5.74, 6) is -1.62. The highest BCUT2D eigenvalue weighted by Crippen LogP contribution is 2.38. The van der Waals surface area contributed by atoms with Gasteiger partial charge in [-0.1, -0.05) is 36.4 Å². The van der Waals surface area contributed by atoms with E-state index < -0.39 is 11.6 Å². The van der Waals surface area contributed by atoms with Gasteiger partial charge in [0, 0.05) is 18.7 Å². The van der Waals surface area contributed by atoms with Gasteiger partial charge in [-0.25, -0.2) is 8.78 Å². The molecule has 1 unspecified atom stereocenters. The first-order chi connectivity index (χ1) is 10.2. The van der Waals surface area contributed by atoms with Crippen LogP contribution in [0, 0.1) is 11.6 Å². The fraction of sp³-hybridized carbons (Fsp3) is 0.294. The van der Waals surface area contributed by atoms with Gasteiger partial charge < -0.3 is 10.6 Å². The Hall–Kier alpha value is -1.94. The zero-order valence-electron chi connectivity index (χ0n) is 11.7. The molecule has 0 bridgehead atoms. The summed E-state index contributed by atoms with van der Waals surface area (Å²) in [5.41, 5.74) is 7.10. The van der Waals surface area contributed by atoms with E-state index in [4.69, 9.17) is 5.73 Å². The Morgan fingerprint density at radius 2 is 1.81 bits per heavy atom. The quantitative estimate of drug-likeness (QED) is 0.931. The second kappa shape index (κ2) is 5.82. The van der Waals surface area contributed by atoms with Gasteiger partial charge in [0.25, 0.3) is 0 Å². The van der Waals surface area contributed by atoms with Crippen LogP contribution in [0.3, 0.4) is 0 Å². The van der Waals surface area contributed by atoms with E-state index >= 15 is 0 Å². The van der Waals surface area contributed by atoms with Crippen molar-refractivity contribution in [2.45, 2.75) is 25.4 Å². The highest BCUT2D eigenvalue weighted by molar-refractivity contribution is 5.53. The maximum Gasteiger partial charge on any atom is 0.182 e. The maximum absolute atomic E-state index is 14.3. The molecule has 2 aromatic rings. The Morgan fingerprint density at radius 3 is 2.52 bits per heavy atom. The van der Waals surface area contributed by atoms with Gasteiger partial charge in [-0.15, -0.1) is 0 Å². The summed E-state index contributed by atoms with van der Waals surface area (Å²) in [7, 11) is 0. The van der Waals surface area contributed by atoms with Crippen LogP contribution in [0.4, 0.5) is 14.5 Å². The van der Waals surface area contributed by atoms with Crippen LogP contribution in [0.5, 0.6) is 0 Å². The van der Waals surface area contributed by atoms with Gasteiger partial charge in [0.05, 0.1) is 11.7 Å². The predicted octanol–water partition coefficient (Wildman–Crippen LogP) is 3.77. The Kier molecular flexibility index (Phi) is 3.88. The summed E-state index contributed by atoms with van der Waals surface area (Å²) in [5, 5.41) is 0. The van der Waals surface area contributed by atoms with Crippen molar-refractivity contribution >= 4 is 5.69 Å². The molecule has 1 aliphatic heterocycles. The number of anilines is 1. The SMILES string of the molecule is NCc1ccc(N2CCCC2c2ccccc2)c(F)c1F. The summed E-state index contributed by atoms with van der Waals surface area (Å²) < 4.78 is 28.3. The predicted molar refractivity (Wildman–Crippen MR) is 80.0 cm³/mol. The largest absolute Gasteiger partial charge is 0.362 e. The van der Waals surface area contributed by atoms with Crippen molar-refractivity contribution in [3.05, 3.63) is 65.2 Å². The average molecular weight is 288 g/mol. The Balaban J connectivity index is 1.98. The molecule has 1 saturated heterocycles. The van der Waals surface area contributed by atoms with Crippen LogP contribution >= 0.6 is 0 Å². The fourth-order valence-corrected chi connectivity index (χ4v) is 3.04. The number of halogens is 2. The molecule has 1 fully saturated rings. The van der Waals surface area contributed by atoms with Crippen molar-refractivity contribution in [1.82, 2.24) is 0 Å². The monoisotopic (exact) mass is 288 g/mol. The molecule has 0 saturated carbocycles. The molecule has 2 nitrogen and oxygen atoms in total. The van der Waals surface area contributed by atoms with Crippen molar-refractivity contribution < 1.29 is 8.78 Å². The molecule has 1 atom stereocenters. The molecular formula is C17H18F2N2. The molecule has 0 radical (unpaired) electrons. The van der Waals surface area contributed by atoms with Crippen LogP contribution in [0.2, 0.25) is 0 Å². The zero-order valence-corrected chi connectivity index (χ0v) is 11.7. The minimum Gasteiger partial charge on any atom is -0.362 e. The summed E-state index contributed by atoms with van der Waals surface area (Å²) in [6.45, 7) is 0.739. The van der Waals surface area contributed by atoms with Crippen LogP contribution in [0.25, 0.3) is 0 Å². The maximum atomic E-state index is 14.3. The lowest BCUT2D eigenvalue weighted by atomic mass is 10.0. The molecule has 0 amide bonds. The van der Waals surface area contributed by atoms with E-state index in [0.717, 1.165) is 24.9 Å². The number of nitrogens with two attached hydrogens (primary N) is 1. The van der Waals surface area contributed by atoms with E-state index in [0.29, 0.717) is 5.69 Å². The van der Waals surface area contributed by atoms with Crippen LogP contribution in [0.1, 0.15) is 30.0 Å². The highest BCUT2D eigenvalue weighted by Gasteiger charge is 2.29. The lowest BCUT2D eigenvalue weighted by Crippen LogP contribution is -2.24. The van der Waals surface area contributed by atoms with Crippen LogP contribution < -0.4 is 10.6 Å². The van der Waals surface area contributed by atoms with E-state index in [1.807, 2.05) is 35.2 Å². The molecule has 0 aromatic heterocycles. The minimum absolute atomic E-state index is 0.00511. The number of hydrogen-bond acceptors (Lipinski definition) is 2. The van der Waals surface area contributed by atoms with E-state index in [1.54, 1.807) is 12.1 Å². The van der Waals surface area contributed by atoms with Crippen molar-refractivity contribution in [2.75, 3.05) is 11.4 Å². The third-order valence-electron chi connectivity index (χ3n) is 4.11. The molecule has 0 aliphatic carbocycles. The lowest BCUT2D eigenvalue weighted by Gasteiger charge is -2.28. The molecule has 4 heteroatoms. The first-order valence-electron chi connectivity index (χ1n) is 7.21. The Morgan fingerprint density at radius 1 is 1.05 bits per heavy atom. The van der Waals surface area contributed by atoms with Crippen LogP contribution in [0.15, 0.2) is 42.5 Å². The van der Waals surface area contributed by atoms with Gasteiger partial charge in [0.15, 0.2) is 11.6 Å². The number of hydrogen-bond donors (Lipinski definition) is 1. The van der Waals surface area contributed by atoms with E-state index in [-0.39, 0.29) is 18.2 Å². The highest BCUT2D eigenvalue weighted by atomic mass is 19.2. The van der Waals surface area contributed by atoms with Gasteiger partial charge in [0.2, 0.25) is 0 Å². The van der Waals surface area contributed by atoms with E-state index in [1.165, 1.54) is 0 Å². The summed E-state index contributed by atoms with van der Waals surface area (Å²) in [4.78, 5) is 1.95. The number of benzene rings is 2. The molecule has 0 spiro atoms. The molecule has 3 rings (SSSR count). The second-order valence-corrected chi connectivity index (χ2v) is 5.34. The average Bonchev–Trinajstić information content (AvgIpc) is 3.00. The van der Waals surface area contributed by atoms with Gasteiger partial charge in [-0.05, 0) is 24.5 Å². The molecule has 1 heterocycles. The normalized spacial score (nSPS) is 18.2. The summed E-state index contributed by atoms with van der Waals surface area (Å²) >= 11 is 0. The zero-order chi connectivity index (χ0) is 14.8. The van der Waals surface area contributed by atoms with Crippen molar-refractivity contribution in [3.8, 4) is 0 Å². The summed E-state index contributed by atoms with van der Waals surface area (Å²) in [6.07, 6.45) is 1.92. The van der Waals surface area contributed by atoms with E-state index in [9.17, 15) is 8.78 Å². The van der Waals surface area contributed by atoms with Crippen molar-refractivity contribution in [1.29, 1.82) is 0 Å². The first-order valence-corrected chi connectivity index (χ1v) is 7.21. The molecule has 21 heavy (non-hydrogen) atoms. The molecular weight excluding hydrogens is 270 g/mol. The van der Waals surface area contributed by atoms with Gasteiger partial charge in [-0.3, -0.25) is 0 Å². The standard InChI is InChI=1S/C17H18F2N2/c18-16-13(11-20)8-9-15(17(16)19)21-10-4-7-14(21)12-5-2-1-3-6-12/h1-3,5-6,8-9,14H,4,7,10-11,20H2. The van der Waals surface area contributed by atoms with Crippen LogP contribution in [-0.2, 0) is 6.54 Å². The number of nitrogens with zero attached hydrogens (tertiary/aromatic N) is 1. The smallest absolute Gasteiger partial charge is 0.182 e. The fourth-order valence-electron chi connectivity index (χ4n) is 3.04. The van der Waals surface area contributed by atoms with E-state index in [2.05, 4.69) is 0 Å². The third kappa shape index (κ3) is 2.51. The minimum atomic E-state index is -0.825. The first kappa shape index (κ1) is 14.0. The van der Waals surface area contributed by atoms with Gasteiger partial charge >= 0.3 is 0 Å². The van der Waals surface area contributed by atoms with Crippen molar-refractivity contribution in [3.63, 3.8) is 0 Å². The number of rotatable bonds is 3. The summed E-state index contributed by atoms with van der Waals surface area (Å²) in [6, 6.07) is 13.3. The lowest BCUT2D eigenvalue weighted by molar-refractivity contribution is 0.495. The third-order valence-corrected chi connectivity index (χ3v) is 4.11. The molecule has 2 N–H and O–H groups in total.